The van der Waals surface area contributed by atoms with Crippen molar-refractivity contribution in [2.45, 2.75) is 224 Å². The standard InChI is InChI=1S/C52H88O12S/c1-3-5-7-9-11-13-15-17-19-21-22-23-24-25-27-29-31-33-35-37-39-41-48(54)63-45(43-62-52-51(57)50(56)49(55)46(64-52)44-65(58,59)60)42-61-47(53)40-38-36-34-32-30-28-26-20-18-16-14-12-10-8-6-4-2/h5,7,11,13-14,16-17,19-20,22-23,26,45-46,49-52,55-57H,3-4,6,8-10,12,15,18,21,24-25,27-44H2,1-2H3,(H,58,59,60)/b7-5-,13-11-,16-14-,19-17-,23-22-,26-20-. The minimum Gasteiger partial charge on any atom is -0.462 e. The second kappa shape index (κ2) is 41.3. The van der Waals surface area contributed by atoms with Gasteiger partial charge in [-0.2, -0.15) is 8.42 Å². The van der Waals surface area contributed by atoms with E-state index in [-0.39, 0.29) is 19.4 Å². The number of esters is 2. The topological polar surface area (TPSA) is 186 Å². The van der Waals surface area contributed by atoms with Crippen LogP contribution in [0, 0.1) is 0 Å². The zero-order chi connectivity index (χ0) is 47.6. The average molecular weight is 937 g/mol. The molecular formula is C52H88O12S. The van der Waals surface area contributed by atoms with Gasteiger partial charge < -0.3 is 34.3 Å². The maximum absolute atomic E-state index is 12.9. The molecule has 1 aliphatic rings. The number of rotatable bonds is 41. The van der Waals surface area contributed by atoms with Crippen LogP contribution in [0.2, 0.25) is 0 Å². The number of hydrogen-bond donors (Lipinski definition) is 4. The average Bonchev–Trinajstić information content (AvgIpc) is 3.27. The Bertz CT molecular complexity index is 1470. The number of ether oxygens (including phenoxy) is 4. The molecule has 0 amide bonds. The van der Waals surface area contributed by atoms with Crippen molar-refractivity contribution in [1.29, 1.82) is 0 Å². The van der Waals surface area contributed by atoms with Crippen molar-refractivity contribution in [2.24, 2.45) is 0 Å². The molecule has 1 rings (SSSR count). The molecule has 1 heterocycles. The highest BCUT2D eigenvalue weighted by atomic mass is 32.2. The SMILES string of the molecule is CC/C=C\C/C=C\C/C=C\C/C=C\CCCCCCCCCCC(=O)OC(COC(=O)CCCCCCC/C=C\C/C=C\CCCCCC)COC1OC(CS(=O)(=O)O)C(O)C(O)C1O. The molecule has 0 aromatic heterocycles. The van der Waals surface area contributed by atoms with Gasteiger partial charge in [-0.15, -0.1) is 0 Å². The van der Waals surface area contributed by atoms with Crippen LogP contribution in [0.3, 0.4) is 0 Å². The zero-order valence-corrected chi connectivity index (χ0v) is 40.9. The third-order valence-electron chi connectivity index (χ3n) is 11.0. The molecule has 0 aromatic rings. The highest BCUT2D eigenvalue weighted by Gasteiger charge is 2.46. The first-order valence-corrected chi connectivity index (χ1v) is 26.6. The van der Waals surface area contributed by atoms with Gasteiger partial charge in [-0.3, -0.25) is 14.1 Å². The van der Waals surface area contributed by atoms with Crippen LogP contribution in [0.1, 0.15) is 187 Å². The van der Waals surface area contributed by atoms with E-state index < -0.39 is 71.2 Å². The fourth-order valence-electron chi connectivity index (χ4n) is 7.17. The molecule has 0 radical (unpaired) electrons. The molecule has 0 bridgehead atoms. The summed E-state index contributed by atoms with van der Waals surface area (Å²) in [5.41, 5.74) is 0. The summed E-state index contributed by atoms with van der Waals surface area (Å²) in [5, 5.41) is 31.0. The lowest BCUT2D eigenvalue weighted by Crippen LogP contribution is -2.60. The molecule has 1 aliphatic heterocycles. The van der Waals surface area contributed by atoms with Crippen molar-refractivity contribution in [3.05, 3.63) is 72.9 Å². The van der Waals surface area contributed by atoms with Crippen molar-refractivity contribution < 1.29 is 56.8 Å². The normalized spacial score (nSPS) is 20.1. The predicted octanol–water partition coefficient (Wildman–Crippen LogP) is 11.1. The molecule has 1 fully saturated rings. The summed E-state index contributed by atoms with van der Waals surface area (Å²) in [6.45, 7) is 3.62. The minimum atomic E-state index is -4.61. The van der Waals surface area contributed by atoms with E-state index in [0.717, 1.165) is 103 Å². The number of unbranched alkanes of at least 4 members (excludes halogenated alkanes) is 17. The Kier molecular flexibility index (Phi) is 38.2. The largest absolute Gasteiger partial charge is 0.462 e. The lowest BCUT2D eigenvalue weighted by Gasteiger charge is -2.40. The van der Waals surface area contributed by atoms with Gasteiger partial charge in [0.05, 0.1) is 6.61 Å². The van der Waals surface area contributed by atoms with Gasteiger partial charge in [-0.1, -0.05) is 164 Å². The molecule has 1 saturated heterocycles. The molecule has 6 atom stereocenters. The second-order valence-corrected chi connectivity index (χ2v) is 18.6. The first kappa shape index (κ1) is 60.1. The van der Waals surface area contributed by atoms with Gasteiger partial charge in [0, 0.05) is 12.8 Å². The van der Waals surface area contributed by atoms with E-state index in [1.54, 1.807) is 0 Å². The summed E-state index contributed by atoms with van der Waals surface area (Å²) in [7, 11) is -4.61. The first-order valence-electron chi connectivity index (χ1n) is 25.0. The third-order valence-corrected chi connectivity index (χ3v) is 11.8. The number of aliphatic hydroxyl groups is 3. The Balaban J connectivity index is 2.41. The Morgan fingerprint density at radius 1 is 0.538 bits per heavy atom. The maximum atomic E-state index is 12.9. The van der Waals surface area contributed by atoms with Gasteiger partial charge in [0.25, 0.3) is 10.1 Å². The van der Waals surface area contributed by atoms with Crippen molar-refractivity contribution in [3.8, 4) is 0 Å². The van der Waals surface area contributed by atoms with Gasteiger partial charge in [0.2, 0.25) is 0 Å². The Hall–Kier alpha value is -2.91. The molecule has 4 N–H and O–H groups in total. The molecule has 374 valence electrons. The molecule has 0 spiro atoms. The fourth-order valence-corrected chi connectivity index (χ4v) is 7.86. The van der Waals surface area contributed by atoms with E-state index in [2.05, 4.69) is 86.8 Å². The Morgan fingerprint density at radius 3 is 1.45 bits per heavy atom. The summed E-state index contributed by atoms with van der Waals surface area (Å²) in [6, 6.07) is 0. The number of carbonyl (C=O) groups excluding carboxylic acids is 2. The third kappa shape index (κ3) is 35.9. The summed E-state index contributed by atoms with van der Waals surface area (Å²) in [6.07, 6.45) is 43.6. The quantitative estimate of drug-likeness (QED) is 0.0197. The summed E-state index contributed by atoms with van der Waals surface area (Å²) in [5.74, 6) is -2.02. The fraction of sp³-hybridized carbons (Fsp3) is 0.731. The Labute approximate surface area is 393 Å². The van der Waals surface area contributed by atoms with Crippen molar-refractivity contribution in [3.63, 3.8) is 0 Å². The highest BCUT2D eigenvalue weighted by Crippen LogP contribution is 2.24. The molecule has 0 aromatic carbocycles. The van der Waals surface area contributed by atoms with Gasteiger partial charge >= 0.3 is 11.9 Å². The van der Waals surface area contributed by atoms with Gasteiger partial charge in [0.1, 0.15) is 36.8 Å². The van der Waals surface area contributed by atoms with Crippen LogP contribution in [-0.2, 0) is 38.7 Å². The van der Waals surface area contributed by atoms with Crippen LogP contribution in [0.15, 0.2) is 72.9 Å². The van der Waals surface area contributed by atoms with Gasteiger partial charge in [-0.05, 0) is 83.5 Å². The van der Waals surface area contributed by atoms with E-state index in [1.807, 2.05) is 0 Å². The van der Waals surface area contributed by atoms with E-state index in [9.17, 15) is 37.9 Å². The zero-order valence-electron chi connectivity index (χ0n) is 40.1. The summed E-state index contributed by atoms with van der Waals surface area (Å²) in [4.78, 5) is 25.5. The van der Waals surface area contributed by atoms with E-state index in [1.165, 1.54) is 44.9 Å². The molecule has 6 unspecified atom stereocenters. The van der Waals surface area contributed by atoms with Gasteiger partial charge in [0.15, 0.2) is 12.4 Å². The molecule has 0 aliphatic carbocycles. The van der Waals surface area contributed by atoms with Crippen LogP contribution in [0.5, 0.6) is 0 Å². The monoisotopic (exact) mass is 937 g/mol. The van der Waals surface area contributed by atoms with Crippen molar-refractivity contribution in [1.82, 2.24) is 0 Å². The van der Waals surface area contributed by atoms with E-state index >= 15 is 0 Å². The second-order valence-electron chi connectivity index (χ2n) is 17.1. The Morgan fingerprint density at radius 2 is 0.969 bits per heavy atom. The summed E-state index contributed by atoms with van der Waals surface area (Å²) >= 11 is 0. The number of allylic oxidation sites excluding steroid dienone is 12. The van der Waals surface area contributed by atoms with Crippen molar-refractivity contribution in [2.75, 3.05) is 19.0 Å². The molecule has 65 heavy (non-hydrogen) atoms. The van der Waals surface area contributed by atoms with Crippen LogP contribution in [0.4, 0.5) is 0 Å². The lowest BCUT2D eigenvalue weighted by molar-refractivity contribution is -0.297. The van der Waals surface area contributed by atoms with Gasteiger partial charge in [-0.25, -0.2) is 0 Å². The number of carbonyl (C=O) groups is 2. The smallest absolute Gasteiger partial charge is 0.306 e. The maximum Gasteiger partial charge on any atom is 0.306 e. The van der Waals surface area contributed by atoms with Crippen LogP contribution < -0.4 is 0 Å². The van der Waals surface area contributed by atoms with E-state index in [4.69, 9.17) is 18.9 Å². The van der Waals surface area contributed by atoms with E-state index in [0.29, 0.717) is 12.8 Å². The van der Waals surface area contributed by atoms with Crippen LogP contribution in [0.25, 0.3) is 0 Å². The highest BCUT2D eigenvalue weighted by molar-refractivity contribution is 7.85. The minimum absolute atomic E-state index is 0.148. The van der Waals surface area contributed by atoms with Crippen molar-refractivity contribution >= 4 is 22.1 Å². The molecular weight excluding hydrogens is 849 g/mol. The number of hydrogen-bond acceptors (Lipinski definition) is 11. The van der Waals surface area contributed by atoms with Crippen LogP contribution >= 0.6 is 0 Å². The molecule has 13 heteroatoms. The first-order chi connectivity index (χ1) is 31.5. The predicted molar refractivity (Wildman–Crippen MR) is 261 cm³/mol. The van der Waals surface area contributed by atoms with Crippen LogP contribution in [-0.4, -0.2) is 96.0 Å². The lowest BCUT2D eigenvalue weighted by atomic mass is 10.00. The summed E-state index contributed by atoms with van der Waals surface area (Å²) < 4.78 is 54.2. The molecule has 12 nitrogen and oxygen atoms in total. The molecule has 0 saturated carbocycles. The number of aliphatic hydroxyl groups excluding tert-OH is 3.